The third-order valence-corrected chi connectivity index (χ3v) is 2.47. The van der Waals surface area contributed by atoms with Crippen LogP contribution in [-0.4, -0.2) is 51.7 Å². The number of hydrogen-bond donors (Lipinski definition) is 2. The van der Waals surface area contributed by atoms with E-state index in [1.807, 2.05) is 14.1 Å². The highest BCUT2D eigenvalue weighted by Gasteiger charge is 2.11. The first-order valence-electron chi connectivity index (χ1n) is 5.34. The molecule has 2 aromatic heterocycles. The van der Waals surface area contributed by atoms with E-state index in [2.05, 4.69) is 37.3 Å². The van der Waals surface area contributed by atoms with Crippen molar-refractivity contribution in [3.05, 3.63) is 11.5 Å². The lowest BCUT2D eigenvalue weighted by Gasteiger charge is -2.19. The molecule has 2 aromatic rings. The molecule has 0 bridgehead atoms. The predicted molar refractivity (Wildman–Crippen MR) is 68.3 cm³/mol. The van der Waals surface area contributed by atoms with Crippen LogP contribution < -0.4 is 5.32 Å². The summed E-state index contributed by atoms with van der Waals surface area (Å²) < 4.78 is 0. The van der Waals surface area contributed by atoms with Crippen LogP contribution >= 0.6 is 11.6 Å². The number of likely N-dealkylation sites (N-methyl/N-ethyl adjacent to an activating group) is 1. The van der Waals surface area contributed by atoms with Gasteiger partial charge in [0.15, 0.2) is 5.65 Å². The number of hydrogen-bond acceptors (Lipinski definition) is 5. The summed E-state index contributed by atoms with van der Waals surface area (Å²) in [5.74, 6) is 0.711. The van der Waals surface area contributed by atoms with E-state index < -0.39 is 0 Å². The number of halogens is 1. The summed E-state index contributed by atoms with van der Waals surface area (Å²) >= 11 is 5.85. The molecule has 1 atom stereocenters. The molecule has 92 valence electrons. The molecule has 6 nitrogen and oxygen atoms in total. The van der Waals surface area contributed by atoms with E-state index in [0.717, 1.165) is 11.9 Å². The minimum atomic E-state index is 0.210. The minimum absolute atomic E-state index is 0.210. The highest BCUT2D eigenvalue weighted by Crippen LogP contribution is 2.20. The molecule has 1 unspecified atom stereocenters. The Morgan fingerprint density at radius 1 is 1.47 bits per heavy atom. The topological polar surface area (TPSA) is 69.7 Å². The number of nitrogens with zero attached hydrogens (tertiary/aromatic N) is 4. The lowest BCUT2D eigenvalue weighted by molar-refractivity contribution is 0.392. The Morgan fingerprint density at radius 3 is 2.94 bits per heavy atom. The van der Waals surface area contributed by atoms with Crippen LogP contribution in [0.3, 0.4) is 0 Å². The summed E-state index contributed by atoms with van der Waals surface area (Å²) in [6, 6.07) is 0.258. The second-order valence-electron chi connectivity index (χ2n) is 4.28. The van der Waals surface area contributed by atoms with Crippen LogP contribution in [0.5, 0.6) is 0 Å². The molecular formula is C10H15ClN6. The number of fused-ring (bicyclic) bond motifs is 1. The second kappa shape index (κ2) is 4.85. The van der Waals surface area contributed by atoms with Gasteiger partial charge in [-0.05, 0) is 32.6 Å². The van der Waals surface area contributed by atoms with Gasteiger partial charge in [-0.15, -0.1) is 0 Å². The van der Waals surface area contributed by atoms with Crippen molar-refractivity contribution in [3.8, 4) is 0 Å². The standard InChI is InChI=1S/C10H15ClN6/c1-6(5-17(2)3)13-8-7-4-12-16-9(7)15-10(11)14-8/h4,6H,5H2,1-3H3,(H2,12,13,14,15,16). The number of nitrogens with one attached hydrogen (secondary N) is 2. The van der Waals surface area contributed by atoms with E-state index in [-0.39, 0.29) is 11.3 Å². The molecule has 2 rings (SSSR count). The molecule has 0 aliphatic rings. The number of aromatic nitrogens is 4. The molecule has 0 saturated carbocycles. The van der Waals surface area contributed by atoms with Gasteiger partial charge in [0.2, 0.25) is 5.28 Å². The highest BCUT2D eigenvalue weighted by molar-refractivity contribution is 6.28. The smallest absolute Gasteiger partial charge is 0.226 e. The zero-order valence-electron chi connectivity index (χ0n) is 10.0. The Kier molecular flexibility index (Phi) is 3.44. The van der Waals surface area contributed by atoms with Gasteiger partial charge in [0.1, 0.15) is 5.82 Å². The molecular weight excluding hydrogens is 240 g/mol. The normalized spacial score (nSPS) is 13.2. The van der Waals surface area contributed by atoms with Crippen molar-refractivity contribution in [2.75, 3.05) is 26.0 Å². The molecule has 0 amide bonds. The van der Waals surface area contributed by atoms with Crippen molar-refractivity contribution in [3.63, 3.8) is 0 Å². The summed E-state index contributed by atoms with van der Waals surface area (Å²) in [7, 11) is 4.05. The number of anilines is 1. The van der Waals surface area contributed by atoms with Gasteiger partial charge in [-0.2, -0.15) is 15.1 Å². The molecule has 0 aliphatic heterocycles. The van der Waals surface area contributed by atoms with Crippen molar-refractivity contribution < 1.29 is 0 Å². The molecule has 0 fully saturated rings. The SMILES string of the molecule is CC(CN(C)C)Nc1nc(Cl)nc2[nH]ncc12. The molecule has 0 aliphatic carbocycles. The molecule has 17 heavy (non-hydrogen) atoms. The van der Waals surface area contributed by atoms with E-state index >= 15 is 0 Å². The van der Waals surface area contributed by atoms with Gasteiger partial charge in [-0.25, -0.2) is 0 Å². The van der Waals surface area contributed by atoms with Gasteiger partial charge in [0, 0.05) is 12.6 Å². The molecule has 0 saturated heterocycles. The van der Waals surface area contributed by atoms with Crippen molar-refractivity contribution in [2.45, 2.75) is 13.0 Å². The fourth-order valence-electron chi connectivity index (χ4n) is 1.74. The number of rotatable bonds is 4. The maximum Gasteiger partial charge on any atom is 0.226 e. The largest absolute Gasteiger partial charge is 0.366 e. The summed E-state index contributed by atoms with van der Waals surface area (Å²) in [4.78, 5) is 10.3. The molecule has 7 heteroatoms. The fraction of sp³-hybridized carbons (Fsp3) is 0.500. The van der Waals surface area contributed by atoms with Gasteiger partial charge >= 0.3 is 0 Å². The first-order valence-corrected chi connectivity index (χ1v) is 5.72. The monoisotopic (exact) mass is 254 g/mol. The summed E-state index contributed by atoms with van der Waals surface area (Å²) in [5, 5.41) is 11.1. The van der Waals surface area contributed by atoms with Gasteiger partial charge in [0.05, 0.1) is 11.6 Å². The number of H-pyrrole nitrogens is 1. The summed E-state index contributed by atoms with van der Waals surface area (Å²) in [5.41, 5.74) is 0.643. The van der Waals surface area contributed by atoms with Crippen LogP contribution in [0.2, 0.25) is 5.28 Å². The van der Waals surface area contributed by atoms with Gasteiger partial charge in [-0.3, -0.25) is 5.10 Å². The molecule has 2 heterocycles. The van der Waals surface area contributed by atoms with Crippen molar-refractivity contribution >= 4 is 28.5 Å². The van der Waals surface area contributed by atoms with Crippen LogP contribution in [0.25, 0.3) is 11.0 Å². The van der Waals surface area contributed by atoms with Gasteiger partial charge in [-0.1, -0.05) is 0 Å². The first kappa shape index (κ1) is 12.1. The van der Waals surface area contributed by atoms with Gasteiger partial charge < -0.3 is 10.2 Å². The van der Waals surface area contributed by atoms with Crippen LogP contribution in [0, 0.1) is 0 Å². The first-order chi connectivity index (χ1) is 8.06. The predicted octanol–water partition coefficient (Wildman–Crippen LogP) is 1.37. The Hall–Kier alpha value is -1.40. The van der Waals surface area contributed by atoms with Crippen LogP contribution in [0.4, 0.5) is 5.82 Å². The minimum Gasteiger partial charge on any atom is -0.366 e. The lowest BCUT2D eigenvalue weighted by Crippen LogP contribution is -2.30. The van der Waals surface area contributed by atoms with E-state index in [0.29, 0.717) is 11.5 Å². The Labute approximate surface area is 104 Å². The van der Waals surface area contributed by atoms with E-state index in [1.165, 1.54) is 0 Å². The van der Waals surface area contributed by atoms with E-state index in [9.17, 15) is 0 Å². The maximum atomic E-state index is 5.85. The molecule has 0 aromatic carbocycles. The zero-order chi connectivity index (χ0) is 12.4. The van der Waals surface area contributed by atoms with Crippen molar-refractivity contribution in [1.82, 2.24) is 25.1 Å². The summed E-state index contributed by atoms with van der Waals surface area (Å²) in [6.07, 6.45) is 1.69. The lowest BCUT2D eigenvalue weighted by atomic mass is 10.3. The van der Waals surface area contributed by atoms with Crippen molar-refractivity contribution in [2.24, 2.45) is 0 Å². The van der Waals surface area contributed by atoms with E-state index in [1.54, 1.807) is 6.20 Å². The van der Waals surface area contributed by atoms with Crippen molar-refractivity contribution in [1.29, 1.82) is 0 Å². The molecule has 2 N–H and O–H groups in total. The Morgan fingerprint density at radius 2 is 2.24 bits per heavy atom. The third-order valence-electron chi connectivity index (χ3n) is 2.30. The van der Waals surface area contributed by atoms with Crippen LogP contribution in [0.1, 0.15) is 6.92 Å². The quantitative estimate of drug-likeness (QED) is 0.807. The van der Waals surface area contributed by atoms with Crippen LogP contribution in [-0.2, 0) is 0 Å². The highest BCUT2D eigenvalue weighted by atomic mass is 35.5. The number of aromatic amines is 1. The Balaban J connectivity index is 2.25. The zero-order valence-corrected chi connectivity index (χ0v) is 10.8. The average molecular weight is 255 g/mol. The molecule has 0 spiro atoms. The Bertz CT molecular complexity index is 508. The fourth-order valence-corrected chi connectivity index (χ4v) is 1.91. The maximum absolute atomic E-state index is 5.85. The van der Waals surface area contributed by atoms with Gasteiger partial charge in [0.25, 0.3) is 0 Å². The average Bonchev–Trinajstić information content (AvgIpc) is 2.63. The molecule has 0 radical (unpaired) electrons. The summed E-state index contributed by atoms with van der Waals surface area (Å²) in [6.45, 7) is 2.99. The third kappa shape index (κ3) is 2.83. The van der Waals surface area contributed by atoms with E-state index in [4.69, 9.17) is 11.6 Å². The van der Waals surface area contributed by atoms with Crippen LogP contribution in [0.15, 0.2) is 6.20 Å². The second-order valence-corrected chi connectivity index (χ2v) is 4.62.